The van der Waals surface area contributed by atoms with Crippen molar-refractivity contribution in [2.45, 2.75) is 19.4 Å². The highest BCUT2D eigenvalue weighted by molar-refractivity contribution is 9.10. The average molecular weight is 280 g/mol. The number of nitrogens with one attached hydrogen (secondary N) is 1. The van der Waals surface area contributed by atoms with Crippen LogP contribution in [0.2, 0.25) is 0 Å². The third-order valence-corrected chi connectivity index (χ3v) is 3.67. The van der Waals surface area contributed by atoms with Crippen LogP contribution < -0.4 is 5.73 Å². The summed E-state index contributed by atoms with van der Waals surface area (Å²) in [6, 6.07) is 6.09. The fourth-order valence-corrected chi connectivity index (χ4v) is 2.24. The molecule has 1 unspecified atom stereocenters. The van der Waals surface area contributed by atoms with Crippen molar-refractivity contribution in [2.75, 3.05) is 0 Å². The second-order valence-corrected chi connectivity index (χ2v) is 4.62. The van der Waals surface area contributed by atoms with E-state index in [1.807, 2.05) is 18.3 Å². The summed E-state index contributed by atoms with van der Waals surface area (Å²) in [5.74, 6) is 0.918. The van der Waals surface area contributed by atoms with Gasteiger partial charge in [0, 0.05) is 29.3 Å². The van der Waals surface area contributed by atoms with Crippen LogP contribution in [0.25, 0.3) is 0 Å². The Bertz CT molecular complexity index is 465. The predicted octanol–water partition coefficient (Wildman–Crippen LogP) is 2.72. The van der Waals surface area contributed by atoms with Gasteiger partial charge in [-0.05, 0) is 18.1 Å². The van der Waals surface area contributed by atoms with Crippen LogP contribution in [0.4, 0.5) is 0 Å². The number of benzene rings is 1. The Kier molecular flexibility index (Phi) is 3.41. The molecule has 0 fully saturated rings. The average Bonchev–Trinajstić information content (AvgIpc) is 2.74. The van der Waals surface area contributed by atoms with Crippen molar-refractivity contribution in [3.8, 4) is 0 Å². The molecule has 2 rings (SSSR count). The Labute approximate surface area is 103 Å². The topological polar surface area (TPSA) is 54.7 Å². The molecule has 1 heterocycles. The van der Waals surface area contributed by atoms with Gasteiger partial charge in [0.05, 0.1) is 0 Å². The van der Waals surface area contributed by atoms with Gasteiger partial charge in [-0.25, -0.2) is 4.98 Å². The lowest BCUT2D eigenvalue weighted by atomic mass is 10.0. The molecule has 0 amide bonds. The maximum Gasteiger partial charge on any atom is 0.107 e. The number of hydrogen-bond donors (Lipinski definition) is 2. The minimum absolute atomic E-state index is 0.0413. The van der Waals surface area contributed by atoms with Gasteiger partial charge in [0.1, 0.15) is 5.82 Å². The highest BCUT2D eigenvalue weighted by Crippen LogP contribution is 2.26. The molecule has 1 atom stereocenters. The number of rotatable bonds is 3. The first-order valence-electron chi connectivity index (χ1n) is 5.17. The Morgan fingerprint density at radius 2 is 2.31 bits per heavy atom. The maximum atomic E-state index is 6.17. The van der Waals surface area contributed by atoms with Gasteiger partial charge in [0.25, 0.3) is 0 Å². The molecule has 3 N–H and O–H groups in total. The van der Waals surface area contributed by atoms with Crippen LogP contribution in [0.3, 0.4) is 0 Å². The van der Waals surface area contributed by atoms with E-state index in [0.29, 0.717) is 0 Å². The molecular formula is C12H14BrN3. The van der Waals surface area contributed by atoms with Crippen LogP contribution in [0.5, 0.6) is 0 Å². The molecule has 1 aromatic heterocycles. The summed E-state index contributed by atoms with van der Waals surface area (Å²) >= 11 is 3.57. The number of hydrogen-bond acceptors (Lipinski definition) is 2. The molecule has 3 nitrogen and oxygen atoms in total. The van der Waals surface area contributed by atoms with Crippen LogP contribution in [0, 0.1) is 6.92 Å². The number of H-pyrrole nitrogens is 1. The lowest BCUT2D eigenvalue weighted by Gasteiger charge is -2.13. The SMILES string of the molecule is Cc1cccc(C(N)Cc2ncc[nH]2)c1Br. The van der Waals surface area contributed by atoms with Crippen LogP contribution in [0.1, 0.15) is 23.0 Å². The molecular weight excluding hydrogens is 266 g/mol. The van der Waals surface area contributed by atoms with Crippen molar-refractivity contribution < 1.29 is 0 Å². The van der Waals surface area contributed by atoms with E-state index in [1.54, 1.807) is 6.20 Å². The third kappa shape index (κ3) is 2.33. The Morgan fingerprint density at radius 3 is 3.00 bits per heavy atom. The van der Waals surface area contributed by atoms with Crippen molar-refractivity contribution in [1.29, 1.82) is 0 Å². The van der Waals surface area contributed by atoms with E-state index in [-0.39, 0.29) is 6.04 Å². The molecule has 0 bridgehead atoms. The van der Waals surface area contributed by atoms with E-state index in [2.05, 4.69) is 38.9 Å². The van der Waals surface area contributed by atoms with Gasteiger partial charge in [0.2, 0.25) is 0 Å². The highest BCUT2D eigenvalue weighted by Gasteiger charge is 2.12. The number of nitrogens with two attached hydrogens (primary N) is 1. The first-order valence-corrected chi connectivity index (χ1v) is 5.96. The largest absolute Gasteiger partial charge is 0.349 e. The summed E-state index contributed by atoms with van der Waals surface area (Å²) in [6.45, 7) is 2.06. The minimum Gasteiger partial charge on any atom is -0.349 e. The number of aryl methyl sites for hydroxylation is 1. The first-order chi connectivity index (χ1) is 7.68. The molecule has 2 aromatic rings. The lowest BCUT2D eigenvalue weighted by molar-refractivity contribution is 0.691. The smallest absolute Gasteiger partial charge is 0.107 e. The van der Waals surface area contributed by atoms with Crippen molar-refractivity contribution in [3.63, 3.8) is 0 Å². The Hall–Kier alpha value is -1.13. The lowest BCUT2D eigenvalue weighted by Crippen LogP contribution is -2.15. The molecule has 0 saturated carbocycles. The second kappa shape index (κ2) is 4.80. The number of aromatic nitrogens is 2. The summed E-state index contributed by atoms with van der Waals surface area (Å²) in [7, 11) is 0. The first kappa shape index (κ1) is 11.4. The van der Waals surface area contributed by atoms with E-state index < -0.39 is 0 Å². The quantitative estimate of drug-likeness (QED) is 0.908. The van der Waals surface area contributed by atoms with E-state index >= 15 is 0 Å². The summed E-state index contributed by atoms with van der Waals surface area (Å²) < 4.78 is 1.09. The molecule has 4 heteroatoms. The van der Waals surface area contributed by atoms with E-state index in [1.165, 1.54) is 5.56 Å². The van der Waals surface area contributed by atoms with E-state index in [9.17, 15) is 0 Å². The summed E-state index contributed by atoms with van der Waals surface area (Å²) in [5.41, 5.74) is 8.49. The zero-order chi connectivity index (χ0) is 11.5. The van der Waals surface area contributed by atoms with E-state index in [0.717, 1.165) is 22.3 Å². The third-order valence-electron chi connectivity index (χ3n) is 2.59. The standard InChI is InChI=1S/C12H14BrN3/c1-8-3-2-4-9(12(8)13)10(14)7-11-15-5-6-16-11/h2-6,10H,7,14H2,1H3,(H,15,16). The number of nitrogens with zero attached hydrogens (tertiary/aromatic N) is 1. The highest BCUT2D eigenvalue weighted by atomic mass is 79.9. The maximum absolute atomic E-state index is 6.17. The molecule has 0 saturated heterocycles. The molecule has 0 aliphatic carbocycles. The Morgan fingerprint density at radius 1 is 1.50 bits per heavy atom. The summed E-state index contributed by atoms with van der Waals surface area (Å²) in [6.07, 6.45) is 4.27. The predicted molar refractivity (Wildman–Crippen MR) is 68.1 cm³/mol. The van der Waals surface area contributed by atoms with Crippen LogP contribution in [0.15, 0.2) is 35.1 Å². The van der Waals surface area contributed by atoms with Gasteiger partial charge in [-0.3, -0.25) is 0 Å². The number of halogens is 1. The molecule has 16 heavy (non-hydrogen) atoms. The van der Waals surface area contributed by atoms with Crippen LogP contribution in [-0.2, 0) is 6.42 Å². The summed E-state index contributed by atoms with van der Waals surface area (Å²) in [5, 5.41) is 0. The van der Waals surface area contributed by atoms with Gasteiger partial charge in [-0.15, -0.1) is 0 Å². The van der Waals surface area contributed by atoms with Crippen molar-refractivity contribution in [2.24, 2.45) is 5.73 Å². The normalized spacial score (nSPS) is 12.7. The van der Waals surface area contributed by atoms with Crippen LogP contribution >= 0.6 is 15.9 Å². The van der Waals surface area contributed by atoms with Gasteiger partial charge in [0.15, 0.2) is 0 Å². The van der Waals surface area contributed by atoms with Crippen molar-refractivity contribution in [3.05, 3.63) is 52.0 Å². The van der Waals surface area contributed by atoms with Crippen LogP contribution in [-0.4, -0.2) is 9.97 Å². The van der Waals surface area contributed by atoms with Crippen molar-refractivity contribution >= 4 is 15.9 Å². The van der Waals surface area contributed by atoms with Gasteiger partial charge >= 0.3 is 0 Å². The number of imidazole rings is 1. The fraction of sp³-hybridized carbons (Fsp3) is 0.250. The monoisotopic (exact) mass is 279 g/mol. The molecule has 0 aliphatic heterocycles. The number of aromatic amines is 1. The minimum atomic E-state index is -0.0413. The van der Waals surface area contributed by atoms with Gasteiger partial charge in [-0.2, -0.15) is 0 Å². The van der Waals surface area contributed by atoms with Gasteiger partial charge < -0.3 is 10.7 Å². The molecule has 1 aromatic carbocycles. The Balaban J connectivity index is 2.21. The zero-order valence-corrected chi connectivity index (χ0v) is 10.7. The summed E-state index contributed by atoms with van der Waals surface area (Å²) in [4.78, 5) is 7.25. The molecule has 0 spiro atoms. The molecule has 0 radical (unpaired) electrons. The second-order valence-electron chi connectivity index (χ2n) is 3.82. The van der Waals surface area contributed by atoms with Crippen molar-refractivity contribution in [1.82, 2.24) is 9.97 Å². The van der Waals surface area contributed by atoms with E-state index in [4.69, 9.17) is 5.73 Å². The molecule has 0 aliphatic rings. The molecule has 84 valence electrons. The zero-order valence-electron chi connectivity index (χ0n) is 9.07. The fourth-order valence-electron chi connectivity index (χ4n) is 1.68. The van der Waals surface area contributed by atoms with Gasteiger partial charge in [-0.1, -0.05) is 34.1 Å².